The number of nitrogens with zero attached hydrogens (tertiary/aromatic N) is 2. The van der Waals surface area contributed by atoms with Gasteiger partial charge in [-0.3, -0.25) is 19.2 Å². The maximum atomic E-state index is 13.5. The van der Waals surface area contributed by atoms with E-state index in [1.54, 1.807) is 16.2 Å². The molecule has 1 aliphatic carbocycles. The van der Waals surface area contributed by atoms with E-state index in [0.717, 1.165) is 66.4 Å². The Morgan fingerprint density at radius 3 is 2.53 bits per heavy atom. The fourth-order valence-electron chi connectivity index (χ4n) is 5.84. The van der Waals surface area contributed by atoms with Crippen molar-refractivity contribution in [1.82, 2.24) is 15.2 Å². The lowest BCUT2D eigenvalue weighted by atomic mass is 9.81. The molecule has 0 atom stereocenters. The first-order valence-corrected chi connectivity index (χ1v) is 16.2. The Balaban J connectivity index is 1.26. The summed E-state index contributed by atoms with van der Waals surface area (Å²) >= 11 is 1.56. The van der Waals surface area contributed by atoms with Crippen molar-refractivity contribution in [2.75, 3.05) is 31.6 Å². The van der Waals surface area contributed by atoms with Crippen molar-refractivity contribution in [1.29, 1.82) is 0 Å². The third-order valence-corrected chi connectivity index (χ3v) is 9.19. The van der Waals surface area contributed by atoms with E-state index in [4.69, 9.17) is 0 Å². The summed E-state index contributed by atoms with van der Waals surface area (Å²) in [5, 5.41) is 8.13. The Kier molecular flexibility index (Phi) is 11.8. The number of esters is 1. The van der Waals surface area contributed by atoms with Crippen molar-refractivity contribution in [3.63, 3.8) is 0 Å². The molecule has 3 aromatic rings. The van der Waals surface area contributed by atoms with Crippen LogP contribution in [0.3, 0.4) is 0 Å². The Morgan fingerprint density at radius 1 is 1.02 bits per heavy atom. The van der Waals surface area contributed by atoms with Gasteiger partial charge in [0.1, 0.15) is 12.2 Å². The van der Waals surface area contributed by atoms with Crippen LogP contribution in [0.25, 0.3) is 10.2 Å². The second-order valence-electron chi connectivity index (χ2n) is 11.4. The summed E-state index contributed by atoms with van der Waals surface area (Å²) < 4.78 is 7.46. The molecule has 0 radical (unpaired) electrons. The van der Waals surface area contributed by atoms with Gasteiger partial charge in [-0.15, -0.1) is 11.3 Å². The number of benzene rings is 1. The highest BCUT2D eigenvalue weighted by Crippen LogP contribution is 2.29. The van der Waals surface area contributed by atoms with Crippen LogP contribution < -0.4 is 15.5 Å². The number of aryl methyl sites for hydroxylation is 1. The second kappa shape index (κ2) is 15.7. The Labute approximate surface area is 258 Å². The summed E-state index contributed by atoms with van der Waals surface area (Å²) in [6.07, 6.45) is 6.28. The average molecular weight is 609 g/mol. The van der Waals surface area contributed by atoms with Crippen molar-refractivity contribution in [3.05, 3.63) is 53.0 Å². The third-order valence-electron chi connectivity index (χ3n) is 8.33. The molecule has 3 amide bonds. The van der Waals surface area contributed by atoms with Crippen LogP contribution in [0.2, 0.25) is 0 Å². The molecule has 1 aromatic carbocycles. The van der Waals surface area contributed by atoms with Gasteiger partial charge < -0.3 is 24.8 Å². The molecule has 2 aromatic heterocycles. The number of hydrogen-bond acceptors (Lipinski definition) is 6. The number of methoxy groups -OCH3 is 1. The SMILES string of the molecule is CCN(C(=O)Cn1c(C(=O)NCC2CCC(C(=O)NCCCCCC(=O)OC)CC2)cc2sccc21)c1cccc(C)c1. The van der Waals surface area contributed by atoms with Gasteiger partial charge in [0.25, 0.3) is 5.91 Å². The van der Waals surface area contributed by atoms with Gasteiger partial charge in [0.2, 0.25) is 11.8 Å². The first-order valence-electron chi connectivity index (χ1n) is 15.4. The summed E-state index contributed by atoms with van der Waals surface area (Å²) in [4.78, 5) is 52.4. The van der Waals surface area contributed by atoms with Crippen LogP contribution in [0.4, 0.5) is 5.69 Å². The summed E-state index contributed by atoms with van der Waals surface area (Å²) in [7, 11) is 1.39. The summed E-state index contributed by atoms with van der Waals surface area (Å²) in [5.41, 5.74) is 3.32. The van der Waals surface area contributed by atoms with Crippen LogP contribution in [0, 0.1) is 18.8 Å². The number of rotatable bonds is 14. The number of hydrogen-bond donors (Lipinski definition) is 2. The van der Waals surface area contributed by atoms with E-state index >= 15 is 0 Å². The summed E-state index contributed by atoms with van der Waals surface area (Å²) in [6.45, 7) is 5.75. The highest BCUT2D eigenvalue weighted by Gasteiger charge is 2.27. The highest BCUT2D eigenvalue weighted by molar-refractivity contribution is 7.17. The van der Waals surface area contributed by atoms with E-state index in [9.17, 15) is 19.2 Å². The minimum absolute atomic E-state index is 0.00645. The largest absolute Gasteiger partial charge is 0.469 e. The highest BCUT2D eigenvalue weighted by atomic mass is 32.1. The molecule has 4 rings (SSSR count). The molecule has 0 unspecified atom stereocenters. The van der Waals surface area contributed by atoms with Gasteiger partial charge in [0.05, 0.1) is 17.3 Å². The smallest absolute Gasteiger partial charge is 0.305 e. The van der Waals surface area contributed by atoms with Crippen LogP contribution in [-0.2, 0) is 25.7 Å². The number of likely N-dealkylation sites (N-methyl/N-ethyl adjacent to an activating group) is 1. The first-order chi connectivity index (χ1) is 20.8. The number of carbonyl (C=O) groups excluding carboxylic acids is 4. The first kappa shape index (κ1) is 32.3. The molecule has 1 fully saturated rings. The lowest BCUT2D eigenvalue weighted by Gasteiger charge is -2.28. The number of amides is 3. The zero-order valence-electron chi connectivity index (χ0n) is 25.5. The van der Waals surface area contributed by atoms with Crippen LogP contribution in [0.15, 0.2) is 41.8 Å². The Morgan fingerprint density at radius 2 is 1.81 bits per heavy atom. The fourth-order valence-corrected chi connectivity index (χ4v) is 6.66. The Bertz CT molecular complexity index is 1410. The van der Waals surface area contributed by atoms with Crippen molar-refractivity contribution >= 4 is 50.9 Å². The third kappa shape index (κ3) is 8.69. The number of aromatic nitrogens is 1. The van der Waals surface area contributed by atoms with Gasteiger partial charge >= 0.3 is 5.97 Å². The standard InChI is InChI=1S/C33H44N4O5S/c1-4-36(26-10-8-9-23(2)19-26)30(38)22-37-27-16-18-43-29(27)20-28(37)33(41)35-21-24-12-14-25(15-13-24)32(40)34-17-7-5-6-11-31(39)42-3/h8-10,16,18-20,24-25H,4-7,11-15,17,21-22H2,1-3H3,(H,34,40)(H,35,41). The van der Waals surface area contributed by atoms with Crippen molar-refractivity contribution in [2.45, 2.75) is 71.8 Å². The van der Waals surface area contributed by atoms with Crippen molar-refractivity contribution in [3.8, 4) is 0 Å². The van der Waals surface area contributed by atoms with Crippen LogP contribution >= 0.6 is 11.3 Å². The van der Waals surface area contributed by atoms with Gasteiger partial charge in [-0.2, -0.15) is 0 Å². The second-order valence-corrected chi connectivity index (χ2v) is 12.3. The predicted octanol–water partition coefficient (Wildman–Crippen LogP) is 5.45. The number of thiophene rings is 1. The van der Waals surface area contributed by atoms with E-state index < -0.39 is 0 Å². The van der Waals surface area contributed by atoms with Crippen LogP contribution in [-0.4, -0.2) is 55.0 Å². The molecule has 0 bridgehead atoms. The lowest BCUT2D eigenvalue weighted by Crippen LogP contribution is -2.37. The number of unbranched alkanes of at least 4 members (excludes halogenated alkanes) is 2. The minimum Gasteiger partial charge on any atom is -0.469 e. The van der Waals surface area contributed by atoms with Gasteiger partial charge in [-0.25, -0.2) is 0 Å². The van der Waals surface area contributed by atoms with Crippen molar-refractivity contribution in [2.24, 2.45) is 11.8 Å². The van der Waals surface area contributed by atoms with Gasteiger partial charge in [0.15, 0.2) is 0 Å². The Hall–Kier alpha value is -3.66. The average Bonchev–Trinajstić information content (AvgIpc) is 3.60. The molecule has 9 nitrogen and oxygen atoms in total. The molecule has 2 heterocycles. The van der Waals surface area contributed by atoms with E-state index in [1.807, 2.05) is 60.2 Å². The molecule has 1 saturated carbocycles. The van der Waals surface area contributed by atoms with E-state index in [2.05, 4.69) is 15.4 Å². The molecule has 1 aliphatic rings. The molecule has 2 N–H and O–H groups in total. The monoisotopic (exact) mass is 608 g/mol. The molecule has 0 spiro atoms. The van der Waals surface area contributed by atoms with Crippen LogP contribution in [0.1, 0.15) is 74.3 Å². The van der Waals surface area contributed by atoms with Gasteiger partial charge in [0, 0.05) is 37.7 Å². The van der Waals surface area contributed by atoms with Crippen LogP contribution in [0.5, 0.6) is 0 Å². The summed E-state index contributed by atoms with van der Waals surface area (Å²) in [6, 6.07) is 11.7. The fraction of sp³-hybridized carbons (Fsp3) is 0.515. The molecule has 0 aliphatic heterocycles. The van der Waals surface area contributed by atoms with E-state index in [0.29, 0.717) is 37.7 Å². The number of anilines is 1. The van der Waals surface area contributed by atoms with Crippen molar-refractivity contribution < 1.29 is 23.9 Å². The maximum absolute atomic E-state index is 13.5. The van der Waals surface area contributed by atoms with Gasteiger partial charge in [-0.05, 0) is 93.5 Å². The van der Waals surface area contributed by atoms with E-state index in [-0.39, 0.29) is 36.2 Å². The molecular formula is C33H44N4O5S. The summed E-state index contributed by atoms with van der Waals surface area (Å²) in [5.74, 6) is -0.0188. The molecular weight excluding hydrogens is 564 g/mol. The maximum Gasteiger partial charge on any atom is 0.305 e. The predicted molar refractivity (Wildman–Crippen MR) is 170 cm³/mol. The molecule has 232 valence electrons. The zero-order valence-corrected chi connectivity index (χ0v) is 26.3. The molecule has 0 saturated heterocycles. The normalized spacial score (nSPS) is 16.5. The minimum atomic E-state index is -0.196. The number of ether oxygens (including phenoxy) is 1. The number of carbonyl (C=O) groups is 4. The topological polar surface area (TPSA) is 110 Å². The van der Waals surface area contributed by atoms with E-state index in [1.165, 1.54) is 7.11 Å². The van der Waals surface area contributed by atoms with Gasteiger partial charge in [-0.1, -0.05) is 18.6 Å². The molecule has 43 heavy (non-hydrogen) atoms. The molecule has 10 heteroatoms. The zero-order chi connectivity index (χ0) is 30.8. The lowest BCUT2D eigenvalue weighted by molar-refractivity contribution is -0.140. The number of nitrogens with one attached hydrogen (secondary N) is 2. The quantitative estimate of drug-likeness (QED) is 0.187. The number of fused-ring (bicyclic) bond motifs is 1.